The predicted octanol–water partition coefficient (Wildman–Crippen LogP) is 0.537. The molecule has 0 bridgehead atoms. The van der Waals surface area contributed by atoms with Gasteiger partial charge in [-0.2, -0.15) is 0 Å². The number of pyridine rings is 1. The number of amides is 1. The van der Waals surface area contributed by atoms with Crippen molar-refractivity contribution < 1.29 is 14.7 Å². The largest absolute Gasteiger partial charge is 0.481 e. The van der Waals surface area contributed by atoms with Gasteiger partial charge in [0.05, 0.1) is 12.5 Å². The molecule has 0 aromatic carbocycles. The van der Waals surface area contributed by atoms with E-state index in [9.17, 15) is 9.59 Å². The number of carboxylic acid groups (broad SMARTS) is 1. The summed E-state index contributed by atoms with van der Waals surface area (Å²) in [7, 11) is 0. The molecule has 0 radical (unpaired) electrons. The normalized spacial score (nSPS) is 15.9. The predicted molar refractivity (Wildman–Crippen MR) is 77.8 cm³/mol. The van der Waals surface area contributed by atoms with E-state index in [-0.39, 0.29) is 11.8 Å². The highest BCUT2D eigenvalue weighted by Crippen LogP contribution is 2.17. The summed E-state index contributed by atoms with van der Waals surface area (Å²) in [4.78, 5) is 28.6. The first-order valence-electron chi connectivity index (χ1n) is 7.27. The van der Waals surface area contributed by atoms with Crippen LogP contribution < -0.4 is 5.32 Å². The summed E-state index contributed by atoms with van der Waals surface area (Å²) in [6, 6.07) is 3.90. The van der Waals surface area contributed by atoms with E-state index in [1.165, 1.54) is 0 Å². The van der Waals surface area contributed by atoms with Crippen molar-refractivity contribution in [1.29, 1.82) is 0 Å². The van der Waals surface area contributed by atoms with E-state index in [0.717, 1.165) is 18.5 Å². The van der Waals surface area contributed by atoms with Crippen LogP contribution in [-0.2, 0) is 16.0 Å². The van der Waals surface area contributed by atoms with Gasteiger partial charge in [-0.3, -0.25) is 14.6 Å². The first-order chi connectivity index (χ1) is 10.2. The van der Waals surface area contributed by atoms with Gasteiger partial charge in [-0.05, 0) is 37.4 Å². The lowest BCUT2D eigenvalue weighted by Gasteiger charge is -2.30. The SMILES string of the molecule is O=C(O)C1CCN(C(=O)CNCCc2cccnc2)CC1. The van der Waals surface area contributed by atoms with Crippen LogP contribution in [0.25, 0.3) is 0 Å². The van der Waals surface area contributed by atoms with Crippen LogP contribution in [0.4, 0.5) is 0 Å². The van der Waals surface area contributed by atoms with Crippen LogP contribution in [0.2, 0.25) is 0 Å². The number of piperidine rings is 1. The maximum atomic E-state index is 12.0. The van der Waals surface area contributed by atoms with Crippen LogP contribution in [-0.4, -0.2) is 53.0 Å². The van der Waals surface area contributed by atoms with Crippen molar-refractivity contribution in [3.05, 3.63) is 30.1 Å². The molecule has 21 heavy (non-hydrogen) atoms. The van der Waals surface area contributed by atoms with Gasteiger partial charge in [-0.15, -0.1) is 0 Å². The Morgan fingerprint density at radius 2 is 2.14 bits per heavy atom. The van der Waals surface area contributed by atoms with E-state index in [4.69, 9.17) is 5.11 Å². The molecular weight excluding hydrogens is 270 g/mol. The van der Waals surface area contributed by atoms with Crippen molar-refractivity contribution in [2.45, 2.75) is 19.3 Å². The number of nitrogens with one attached hydrogen (secondary N) is 1. The molecule has 0 unspecified atom stereocenters. The molecule has 6 heteroatoms. The number of carbonyl (C=O) groups is 2. The zero-order valence-corrected chi connectivity index (χ0v) is 12.0. The fraction of sp³-hybridized carbons (Fsp3) is 0.533. The number of hydrogen-bond donors (Lipinski definition) is 2. The minimum absolute atomic E-state index is 0.0463. The van der Waals surface area contributed by atoms with Gasteiger partial charge in [0.1, 0.15) is 0 Å². The van der Waals surface area contributed by atoms with Crippen LogP contribution in [0.5, 0.6) is 0 Å². The number of nitrogens with zero attached hydrogens (tertiary/aromatic N) is 2. The van der Waals surface area contributed by atoms with Crippen molar-refractivity contribution >= 4 is 11.9 Å². The van der Waals surface area contributed by atoms with Crippen molar-refractivity contribution in [1.82, 2.24) is 15.2 Å². The maximum Gasteiger partial charge on any atom is 0.306 e. The lowest BCUT2D eigenvalue weighted by Crippen LogP contribution is -2.44. The van der Waals surface area contributed by atoms with Gasteiger partial charge in [0.15, 0.2) is 0 Å². The van der Waals surface area contributed by atoms with Gasteiger partial charge in [-0.25, -0.2) is 0 Å². The third kappa shape index (κ3) is 4.82. The molecule has 1 fully saturated rings. The van der Waals surface area contributed by atoms with Crippen LogP contribution in [0.15, 0.2) is 24.5 Å². The highest BCUT2D eigenvalue weighted by Gasteiger charge is 2.26. The topological polar surface area (TPSA) is 82.5 Å². The molecular formula is C15H21N3O3. The first kappa shape index (κ1) is 15.4. The molecule has 6 nitrogen and oxygen atoms in total. The minimum atomic E-state index is -0.753. The number of carboxylic acids is 1. The summed E-state index contributed by atoms with van der Waals surface area (Å²) >= 11 is 0. The fourth-order valence-electron chi connectivity index (χ4n) is 2.46. The summed E-state index contributed by atoms with van der Waals surface area (Å²) in [5.74, 6) is -1.01. The quantitative estimate of drug-likeness (QED) is 0.747. The molecule has 1 amide bonds. The third-order valence-electron chi connectivity index (χ3n) is 3.79. The van der Waals surface area contributed by atoms with Gasteiger partial charge in [0.25, 0.3) is 0 Å². The highest BCUT2D eigenvalue weighted by atomic mass is 16.4. The highest BCUT2D eigenvalue weighted by molar-refractivity contribution is 5.78. The van der Waals surface area contributed by atoms with E-state index in [2.05, 4.69) is 10.3 Å². The van der Waals surface area contributed by atoms with Gasteiger partial charge in [0.2, 0.25) is 5.91 Å². The molecule has 1 aliphatic heterocycles. The maximum absolute atomic E-state index is 12.0. The van der Waals surface area contributed by atoms with Crippen LogP contribution >= 0.6 is 0 Å². The summed E-state index contributed by atoms with van der Waals surface area (Å²) in [5.41, 5.74) is 1.14. The van der Waals surface area contributed by atoms with E-state index in [1.807, 2.05) is 18.3 Å². The van der Waals surface area contributed by atoms with E-state index >= 15 is 0 Å². The minimum Gasteiger partial charge on any atom is -0.481 e. The van der Waals surface area contributed by atoms with Crippen molar-refractivity contribution in [3.63, 3.8) is 0 Å². The summed E-state index contributed by atoms with van der Waals surface area (Å²) in [6.45, 7) is 2.11. The van der Waals surface area contributed by atoms with Gasteiger partial charge in [0, 0.05) is 25.5 Å². The molecule has 1 aromatic rings. The summed E-state index contributed by atoms with van der Waals surface area (Å²) < 4.78 is 0. The Kier molecular flexibility index (Phi) is 5.68. The molecule has 2 rings (SSSR count). The number of aromatic nitrogens is 1. The van der Waals surface area contributed by atoms with Gasteiger partial charge >= 0.3 is 5.97 Å². The fourth-order valence-corrected chi connectivity index (χ4v) is 2.46. The Morgan fingerprint density at radius 3 is 2.76 bits per heavy atom. The molecule has 0 atom stereocenters. The lowest BCUT2D eigenvalue weighted by atomic mass is 9.97. The average molecular weight is 291 g/mol. The van der Waals surface area contributed by atoms with Crippen molar-refractivity contribution in [2.24, 2.45) is 5.92 Å². The summed E-state index contributed by atoms with van der Waals surface area (Å²) in [5, 5.41) is 12.1. The van der Waals surface area contributed by atoms with E-state index in [0.29, 0.717) is 32.5 Å². The second-order valence-corrected chi connectivity index (χ2v) is 5.28. The molecule has 1 aromatic heterocycles. The number of carbonyl (C=O) groups excluding carboxylic acids is 1. The molecule has 0 saturated carbocycles. The van der Waals surface area contributed by atoms with Crippen molar-refractivity contribution in [3.8, 4) is 0 Å². The molecule has 1 aliphatic rings. The molecule has 0 spiro atoms. The standard InChI is InChI=1S/C15H21N3O3/c19-14(18-8-4-13(5-9-18)15(20)21)11-17-7-3-12-2-1-6-16-10-12/h1-2,6,10,13,17H,3-5,7-9,11H2,(H,20,21). The van der Waals surface area contributed by atoms with Gasteiger partial charge in [-0.1, -0.05) is 6.07 Å². The Labute approximate surface area is 124 Å². The monoisotopic (exact) mass is 291 g/mol. The lowest BCUT2D eigenvalue weighted by molar-refractivity contribution is -0.145. The summed E-state index contributed by atoms with van der Waals surface area (Å²) in [6.07, 6.45) is 5.50. The van der Waals surface area contributed by atoms with Crippen molar-refractivity contribution in [2.75, 3.05) is 26.2 Å². The number of hydrogen-bond acceptors (Lipinski definition) is 4. The van der Waals surface area contributed by atoms with E-state index in [1.54, 1.807) is 11.1 Å². The molecule has 0 aliphatic carbocycles. The van der Waals surface area contributed by atoms with Gasteiger partial charge < -0.3 is 15.3 Å². The first-order valence-corrected chi connectivity index (χ1v) is 7.27. The Morgan fingerprint density at radius 1 is 1.38 bits per heavy atom. The molecule has 1 saturated heterocycles. The van der Waals surface area contributed by atoms with Crippen LogP contribution in [0, 0.1) is 5.92 Å². The Bertz CT molecular complexity index is 470. The van der Waals surface area contributed by atoms with Crippen LogP contribution in [0.3, 0.4) is 0 Å². The second kappa shape index (κ2) is 7.73. The van der Waals surface area contributed by atoms with Crippen LogP contribution in [0.1, 0.15) is 18.4 Å². The van der Waals surface area contributed by atoms with E-state index < -0.39 is 5.97 Å². The number of aliphatic carboxylic acids is 1. The third-order valence-corrected chi connectivity index (χ3v) is 3.79. The zero-order valence-electron chi connectivity index (χ0n) is 12.0. The molecule has 2 heterocycles. The average Bonchev–Trinajstić information content (AvgIpc) is 2.52. The number of rotatable bonds is 6. The Hall–Kier alpha value is -1.95. The number of likely N-dealkylation sites (tertiary alicyclic amines) is 1. The smallest absolute Gasteiger partial charge is 0.306 e. The molecule has 2 N–H and O–H groups in total. The molecule has 114 valence electrons. The second-order valence-electron chi connectivity index (χ2n) is 5.28. The zero-order chi connectivity index (χ0) is 15.1. The Balaban J connectivity index is 1.63.